The maximum Gasteiger partial charge on any atom is 0.175 e. The molecule has 0 aliphatic heterocycles. The van der Waals surface area contributed by atoms with Gasteiger partial charge in [-0.1, -0.05) is 42.5 Å². The predicted molar refractivity (Wildman–Crippen MR) is 76.1 cm³/mol. The minimum Gasteiger partial charge on any atom is -0.231 e. The average molecular weight is 296 g/mol. The van der Waals surface area contributed by atoms with Crippen LogP contribution < -0.4 is 0 Å². The van der Waals surface area contributed by atoms with Gasteiger partial charge in [0.1, 0.15) is 10.2 Å². The lowest BCUT2D eigenvalue weighted by atomic mass is 9.72. The van der Waals surface area contributed by atoms with Crippen molar-refractivity contribution in [2.75, 3.05) is 0 Å². The molecule has 0 amide bonds. The molecule has 0 bridgehead atoms. The summed E-state index contributed by atoms with van der Waals surface area (Å²) in [5, 5.41) is 5.51. The van der Waals surface area contributed by atoms with Crippen molar-refractivity contribution in [2.24, 2.45) is 0 Å². The molecule has 3 nitrogen and oxygen atoms in total. The van der Waals surface area contributed by atoms with E-state index in [1.807, 2.05) is 0 Å². The van der Waals surface area contributed by atoms with Crippen LogP contribution in [-0.2, 0) is 11.8 Å². The number of nitrogens with zero attached hydrogens (tertiary/aromatic N) is 3. The molecule has 2 aliphatic carbocycles. The monoisotopic (exact) mass is 295 g/mol. The van der Waals surface area contributed by atoms with Crippen LogP contribution in [-0.4, -0.2) is 14.6 Å². The summed E-state index contributed by atoms with van der Waals surface area (Å²) in [6.45, 7) is 0. The topological polar surface area (TPSA) is 30.2 Å². The number of hydrogen-bond donors (Lipinski definition) is 0. The Hall–Kier alpha value is -0.800. The SMILES string of the molecule is Clc1cnn2c(Cl)c3c(nc12)C1(CCCCC1)CC3. The Morgan fingerprint density at radius 1 is 1.11 bits per heavy atom. The summed E-state index contributed by atoms with van der Waals surface area (Å²) in [6, 6.07) is 0. The van der Waals surface area contributed by atoms with Crippen LogP contribution >= 0.6 is 23.2 Å². The van der Waals surface area contributed by atoms with E-state index in [1.54, 1.807) is 10.7 Å². The molecular formula is C14H15Cl2N3. The molecule has 2 aromatic rings. The van der Waals surface area contributed by atoms with Crippen LogP contribution in [0.3, 0.4) is 0 Å². The maximum absolute atomic E-state index is 6.50. The molecule has 2 aromatic heterocycles. The number of fused-ring (bicyclic) bond motifs is 3. The predicted octanol–water partition coefficient (Wildman–Crippen LogP) is 4.18. The van der Waals surface area contributed by atoms with Crippen molar-refractivity contribution in [1.29, 1.82) is 0 Å². The zero-order chi connectivity index (χ0) is 13.0. The van der Waals surface area contributed by atoms with Gasteiger partial charge in [0.15, 0.2) is 5.65 Å². The fourth-order valence-corrected chi connectivity index (χ4v) is 4.30. The summed E-state index contributed by atoms with van der Waals surface area (Å²) >= 11 is 12.7. The Labute approximate surface area is 121 Å². The van der Waals surface area contributed by atoms with Gasteiger partial charge in [-0.25, -0.2) is 9.50 Å². The smallest absolute Gasteiger partial charge is 0.175 e. The summed E-state index contributed by atoms with van der Waals surface area (Å²) in [5.41, 5.74) is 3.35. The molecule has 0 N–H and O–H groups in total. The Morgan fingerprint density at radius 2 is 1.89 bits per heavy atom. The maximum atomic E-state index is 6.50. The van der Waals surface area contributed by atoms with E-state index in [1.165, 1.54) is 49.8 Å². The molecule has 2 aliphatic rings. The Bertz CT molecular complexity index is 656. The van der Waals surface area contributed by atoms with E-state index in [0.29, 0.717) is 15.8 Å². The van der Waals surface area contributed by atoms with Crippen LogP contribution in [0.2, 0.25) is 10.2 Å². The van der Waals surface area contributed by atoms with Gasteiger partial charge in [-0.05, 0) is 25.7 Å². The van der Waals surface area contributed by atoms with E-state index < -0.39 is 0 Å². The lowest BCUT2D eigenvalue weighted by molar-refractivity contribution is 0.286. The van der Waals surface area contributed by atoms with Crippen molar-refractivity contribution in [2.45, 2.75) is 50.4 Å². The van der Waals surface area contributed by atoms with Gasteiger partial charge in [-0.2, -0.15) is 5.10 Å². The molecular weight excluding hydrogens is 281 g/mol. The third kappa shape index (κ3) is 1.58. The second-order valence-corrected chi connectivity index (χ2v) is 6.56. The van der Waals surface area contributed by atoms with Gasteiger partial charge in [-0.15, -0.1) is 0 Å². The zero-order valence-electron chi connectivity index (χ0n) is 10.6. The number of aromatic nitrogens is 3. The van der Waals surface area contributed by atoms with Crippen molar-refractivity contribution in [1.82, 2.24) is 14.6 Å². The molecule has 0 radical (unpaired) electrons. The molecule has 1 fully saturated rings. The highest BCUT2D eigenvalue weighted by molar-refractivity contribution is 6.34. The lowest BCUT2D eigenvalue weighted by Gasteiger charge is -2.33. The Kier molecular flexibility index (Phi) is 2.58. The fraction of sp³-hybridized carbons (Fsp3) is 0.571. The summed E-state index contributed by atoms with van der Waals surface area (Å²) < 4.78 is 1.67. The zero-order valence-corrected chi connectivity index (χ0v) is 12.1. The van der Waals surface area contributed by atoms with E-state index in [4.69, 9.17) is 28.2 Å². The molecule has 0 saturated heterocycles. The summed E-state index contributed by atoms with van der Waals surface area (Å²) in [4.78, 5) is 4.84. The molecule has 4 rings (SSSR count). The van der Waals surface area contributed by atoms with Crippen LogP contribution in [0.15, 0.2) is 6.20 Å². The fourth-order valence-electron chi connectivity index (χ4n) is 3.82. The van der Waals surface area contributed by atoms with Crippen LogP contribution in [0.4, 0.5) is 0 Å². The van der Waals surface area contributed by atoms with Crippen molar-refractivity contribution in [3.63, 3.8) is 0 Å². The molecule has 1 spiro atoms. The van der Waals surface area contributed by atoms with Gasteiger partial charge < -0.3 is 0 Å². The first-order chi connectivity index (χ1) is 9.21. The summed E-state index contributed by atoms with van der Waals surface area (Å²) in [6.07, 6.45) is 10.3. The summed E-state index contributed by atoms with van der Waals surface area (Å²) in [5.74, 6) is 0. The van der Waals surface area contributed by atoms with Crippen LogP contribution in [0.25, 0.3) is 5.65 Å². The van der Waals surface area contributed by atoms with Gasteiger partial charge in [0.05, 0.1) is 11.9 Å². The average Bonchev–Trinajstić information content (AvgIpc) is 2.96. The first-order valence-corrected chi connectivity index (χ1v) is 7.69. The van der Waals surface area contributed by atoms with Crippen molar-refractivity contribution in [3.8, 4) is 0 Å². The van der Waals surface area contributed by atoms with E-state index in [9.17, 15) is 0 Å². The molecule has 5 heteroatoms. The number of halogens is 2. The normalized spacial score (nSPS) is 21.2. The number of hydrogen-bond acceptors (Lipinski definition) is 2. The molecule has 0 aromatic carbocycles. The first-order valence-electron chi connectivity index (χ1n) is 6.93. The van der Waals surface area contributed by atoms with E-state index >= 15 is 0 Å². The minimum absolute atomic E-state index is 0.257. The van der Waals surface area contributed by atoms with Gasteiger partial charge in [-0.3, -0.25) is 0 Å². The van der Waals surface area contributed by atoms with Crippen molar-refractivity contribution < 1.29 is 0 Å². The van der Waals surface area contributed by atoms with E-state index in [-0.39, 0.29) is 5.41 Å². The molecule has 100 valence electrons. The quantitative estimate of drug-likeness (QED) is 0.683. The third-order valence-electron chi connectivity index (χ3n) is 4.81. The van der Waals surface area contributed by atoms with Crippen molar-refractivity contribution >= 4 is 28.8 Å². The lowest BCUT2D eigenvalue weighted by Crippen LogP contribution is -2.27. The van der Waals surface area contributed by atoms with Gasteiger partial charge >= 0.3 is 0 Å². The molecule has 0 unspecified atom stereocenters. The summed E-state index contributed by atoms with van der Waals surface area (Å²) in [7, 11) is 0. The second kappa shape index (κ2) is 4.10. The highest BCUT2D eigenvalue weighted by atomic mass is 35.5. The van der Waals surface area contributed by atoms with Gasteiger partial charge in [0.25, 0.3) is 0 Å². The molecule has 2 heterocycles. The van der Waals surface area contributed by atoms with Crippen molar-refractivity contribution in [3.05, 3.63) is 27.6 Å². The first kappa shape index (κ1) is 12.0. The van der Waals surface area contributed by atoms with Crippen LogP contribution in [0.1, 0.15) is 49.8 Å². The second-order valence-electron chi connectivity index (χ2n) is 5.80. The Balaban J connectivity index is 1.97. The van der Waals surface area contributed by atoms with E-state index in [2.05, 4.69) is 5.10 Å². The molecule has 0 atom stereocenters. The highest BCUT2D eigenvalue weighted by Crippen LogP contribution is 2.49. The largest absolute Gasteiger partial charge is 0.231 e. The number of rotatable bonds is 0. The van der Waals surface area contributed by atoms with Gasteiger partial charge in [0.2, 0.25) is 0 Å². The third-order valence-corrected chi connectivity index (χ3v) is 5.46. The highest BCUT2D eigenvalue weighted by Gasteiger charge is 2.42. The van der Waals surface area contributed by atoms with Crippen LogP contribution in [0, 0.1) is 0 Å². The van der Waals surface area contributed by atoms with Gasteiger partial charge in [0, 0.05) is 11.0 Å². The van der Waals surface area contributed by atoms with E-state index in [0.717, 1.165) is 6.42 Å². The van der Waals surface area contributed by atoms with Crippen LogP contribution in [0.5, 0.6) is 0 Å². The Morgan fingerprint density at radius 3 is 2.68 bits per heavy atom. The molecule has 1 saturated carbocycles. The standard InChI is InChI=1S/C14H15Cl2N3/c15-10-8-17-19-12(16)9-4-7-14(5-2-1-3-6-14)11(9)18-13(10)19/h8H,1-7H2. The molecule has 19 heavy (non-hydrogen) atoms. The minimum atomic E-state index is 0.257.